The molecule has 7 heteroatoms. The van der Waals surface area contributed by atoms with E-state index >= 15 is 0 Å². The van der Waals surface area contributed by atoms with Crippen LogP contribution >= 0.6 is 34.9 Å². The third kappa shape index (κ3) is 2.61. The standard InChI is InChI=1S/C13H12N4S3/c1-7-5-8-9(6-15-7)10(14)3-4-11(8)19-13-17-16-12(18-2)20-13/h3-6H,14H2,1-2H3. The smallest absolute Gasteiger partial charge is 0.179 e. The lowest BCUT2D eigenvalue weighted by Crippen LogP contribution is -1.90. The predicted molar refractivity (Wildman–Crippen MR) is 86.7 cm³/mol. The Morgan fingerprint density at radius 1 is 1.15 bits per heavy atom. The van der Waals surface area contributed by atoms with E-state index in [0.717, 1.165) is 35.7 Å². The summed E-state index contributed by atoms with van der Waals surface area (Å²) in [5.41, 5.74) is 7.74. The maximum absolute atomic E-state index is 6.02. The van der Waals surface area contributed by atoms with Crippen LogP contribution in [-0.4, -0.2) is 21.4 Å². The number of nitrogen functional groups attached to an aromatic ring is 1. The first-order valence-corrected chi connectivity index (χ1v) is 8.73. The highest BCUT2D eigenvalue weighted by Gasteiger charge is 2.10. The van der Waals surface area contributed by atoms with Crippen molar-refractivity contribution >= 4 is 51.3 Å². The summed E-state index contributed by atoms with van der Waals surface area (Å²) in [6.45, 7) is 1.98. The molecular formula is C13H12N4S3. The van der Waals surface area contributed by atoms with Crippen molar-refractivity contribution in [2.45, 2.75) is 20.5 Å². The van der Waals surface area contributed by atoms with Crippen molar-refractivity contribution in [1.29, 1.82) is 0 Å². The average molecular weight is 320 g/mol. The molecule has 2 aromatic heterocycles. The maximum atomic E-state index is 6.02. The molecule has 0 bridgehead atoms. The first kappa shape index (κ1) is 13.7. The number of pyridine rings is 1. The molecule has 102 valence electrons. The fraction of sp³-hybridized carbons (Fsp3) is 0.154. The van der Waals surface area contributed by atoms with Crippen LogP contribution in [0, 0.1) is 6.92 Å². The summed E-state index contributed by atoms with van der Waals surface area (Å²) in [6.07, 6.45) is 3.83. The third-order valence-electron chi connectivity index (χ3n) is 2.79. The Bertz CT molecular complexity index is 769. The minimum Gasteiger partial charge on any atom is -0.398 e. The minimum atomic E-state index is 0.749. The van der Waals surface area contributed by atoms with Gasteiger partial charge in [0.2, 0.25) is 0 Å². The number of nitrogens with zero attached hydrogens (tertiary/aromatic N) is 3. The van der Waals surface area contributed by atoms with E-state index in [2.05, 4.69) is 21.2 Å². The Kier molecular flexibility index (Phi) is 3.82. The number of hydrogen-bond acceptors (Lipinski definition) is 7. The Morgan fingerprint density at radius 2 is 1.95 bits per heavy atom. The molecule has 4 nitrogen and oxygen atoms in total. The number of rotatable bonds is 3. The van der Waals surface area contributed by atoms with E-state index in [1.54, 1.807) is 34.9 Å². The molecule has 0 spiro atoms. The molecule has 20 heavy (non-hydrogen) atoms. The van der Waals surface area contributed by atoms with E-state index in [-0.39, 0.29) is 0 Å². The second-order valence-corrected chi connectivity index (χ2v) is 7.48. The molecule has 0 amide bonds. The average Bonchev–Trinajstić information content (AvgIpc) is 2.90. The Balaban J connectivity index is 2.06. The molecule has 3 aromatic rings. The highest BCUT2D eigenvalue weighted by Crippen LogP contribution is 2.38. The van der Waals surface area contributed by atoms with E-state index in [9.17, 15) is 0 Å². The van der Waals surface area contributed by atoms with Gasteiger partial charge in [-0.25, -0.2) is 0 Å². The normalized spacial score (nSPS) is 11.1. The van der Waals surface area contributed by atoms with Crippen molar-refractivity contribution in [2.75, 3.05) is 12.0 Å². The number of aryl methyl sites for hydroxylation is 1. The van der Waals surface area contributed by atoms with Crippen LogP contribution in [0.1, 0.15) is 5.69 Å². The van der Waals surface area contributed by atoms with Crippen LogP contribution in [0.3, 0.4) is 0 Å². The van der Waals surface area contributed by atoms with E-state index in [4.69, 9.17) is 5.73 Å². The zero-order chi connectivity index (χ0) is 14.1. The SMILES string of the molecule is CSc1nnc(Sc2ccc(N)c3cnc(C)cc23)s1. The van der Waals surface area contributed by atoms with Crippen LogP contribution in [0.2, 0.25) is 0 Å². The molecule has 0 aliphatic heterocycles. The summed E-state index contributed by atoms with van der Waals surface area (Å²) in [6, 6.07) is 6.00. The molecule has 0 radical (unpaired) electrons. The van der Waals surface area contributed by atoms with E-state index < -0.39 is 0 Å². The summed E-state index contributed by atoms with van der Waals surface area (Å²) in [5, 5.41) is 10.4. The largest absolute Gasteiger partial charge is 0.398 e. The van der Waals surface area contributed by atoms with Gasteiger partial charge < -0.3 is 5.73 Å². The summed E-state index contributed by atoms with van der Waals surface area (Å²) in [5.74, 6) is 0. The topological polar surface area (TPSA) is 64.7 Å². The highest BCUT2D eigenvalue weighted by molar-refractivity contribution is 8.03. The maximum Gasteiger partial charge on any atom is 0.179 e. The Morgan fingerprint density at radius 3 is 2.70 bits per heavy atom. The number of benzene rings is 1. The number of anilines is 1. The van der Waals surface area contributed by atoms with Crippen LogP contribution in [0.25, 0.3) is 10.8 Å². The quantitative estimate of drug-likeness (QED) is 0.584. The first-order chi connectivity index (χ1) is 9.67. The Hall–Kier alpha value is -1.31. The molecule has 0 atom stereocenters. The van der Waals surface area contributed by atoms with Crippen LogP contribution in [0.5, 0.6) is 0 Å². The number of hydrogen-bond donors (Lipinski definition) is 1. The summed E-state index contributed by atoms with van der Waals surface area (Å²) in [4.78, 5) is 5.44. The van der Waals surface area contributed by atoms with Gasteiger partial charge in [-0.2, -0.15) is 0 Å². The second-order valence-electron chi connectivity index (χ2n) is 4.16. The lowest BCUT2D eigenvalue weighted by Gasteiger charge is -2.07. The van der Waals surface area contributed by atoms with Gasteiger partial charge in [0.25, 0.3) is 0 Å². The molecule has 2 heterocycles. The molecule has 0 unspecified atom stereocenters. The predicted octanol–water partition coefficient (Wildman–Crippen LogP) is 3.85. The summed E-state index contributed by atoms with van der Waals surface area (Å²) >= 11 is 4.83. The van der Waals surface area contributed by atoms with Crippen LogP contribution in [0.15, 0.2) is 38.0 Å². The van der Waals surface area contributed by atoms with Crippen molar-refractivity contribution in [3.63, 3.8) is 0 Å². The molecule has 2 N–H and O–H groups in total. The van der Waals surface area contributed by atoms with Gasteiger partial charge in [0.05, 0.1) is 0 Å². The van der Waals surface area contributed by atoms with Gasteiger partial charge in [0.15, 0.2) is 8.68 Å². The van der Waals surface area contributed by atoms with Crippen molar-refractivity contribution in [3.8, 4) is 0 Å². The van der Waals surface area contributed by atoms with E-state index in [1.807, 2.05) is 31.5 Å². The molecule has 0 saturated carbocycles. The second kappa shape index (κ2) is 5.59. The van der Waals surface area contributed by atoms with Gasteiger partial charge in [-0.1, -0.05) is 34.9 Å². The first-order valence-electron chi connectivity index (χ1n) is 5.87. The van der Waals surface area contributed by atoms with E-state index in [0.29, 0.717) is 0 Å². The summed E-state index contributed by atoms with van der Waals surface area (Å²) < 4.78 is 1.92. The van der Waals surface area contributed by atoms with Crippen molar-refractivity contribution in [3.05, 3.63) is 30.1 Å². The zero-order valence-electron chi connectivity index (χ0n) is 11.0. The van der Waals surface area contributed by atoms with Crippen molar-refractivity contribution in [1.82, 2.24) is 15.2 Å². The minimum absolute atomic E-state index is 0.749. The molecule has 0 fully saturated rings. The zero-order valence-corrected chi connectivity index (χ0v) is 13.4. The van der Waals surface area contributed by atoms with Gasteiger partial charge >= 0.3 is 0 Å². The number of aromatic nitrogens is 3. The Labute approximate surface area is 129 Å². The fourth-order valence-electron chi connectivity index (χ4n) is 1.84. The number of fused-ring (bicyclic) bond motifs is 1. The van der Waals surface area contributed by atoms with Crippen molar-refractivity contribution in [2.24, 2.45) is 0 Å². The lowest BCUT2D eigenvalue weighted by molar-refractivity contribution is 0.956. The number of nitrogens with two attached hydrogens (primary N) is 1. The van der Waals surface area contributed by atoms with E-state index in [1.165, 1.54) is 0 Å². The van der Waals surface area contributed by atoms with Crippen molar-refractivity contribution < 1.29 is 0 Å². The monoisotopic (exact) mass is 320 g/mol. The fourth-order valence-corrected chi connectivity index (χ4v) is 4.36. The van der Waals surface area contributed by atoms with Gasteiger partial charge in [0, 0.05) is 33.2 Å². The number of thioether (sulfide) groups is 1. The van der Waals surface area contributed by atoms with Crippen LogP contribution in [0.4, 0.5) is 5.69 Å². The molecule has 0 saturated heterocycles. The molecular weight excluding hydrogens is 308 g/mol. The molecule has 1 aromatic carbocycles. The molecule has 0 aliphatic carbocycles. The van der Waals surface area contributed by atoms with Crippen LogP contribution < -0.4 is 5.73 Å². The van der Waals surface area contributed by atoms with Gasteiger partial charge in [-0.15, -0.1) is 10.2 Å². The highest BCUT2D eigenvalue weighted by atomic mass is 32.2. The molecule has 0 aliphatic rings. The van der Waals surface area contributed by atoms with Gasteiger partial charge in [-0.3, -0.25) is 4.98 Å². The van der Waals surface area contributed by atoms with Gasteiger partial charge in [0.1, 0.15) is 0 Å². The van der Waals surface area contributed by atoms with Crippen LogP contribution in [-0.2, 0) is 0 Å². The summed E-state index contributed by atoms with van der Waals surface area (Å²) in [7, 11) is 0. The third-order valence-corrected chi connectivity index (χ3v) is 5.82. The lowest BCUT2D eigenvalue weighted by atomic mass is 10.1. The molecule has 3 rings (SSSR count). The van der Waals surface area contributed by atoms with Gasteiger partial charge in [-0.05, 0) is 31.4 Å².